The zero-order valence-electron chi connectivity index (χ0n) is 15.3. The molecule has 0 aromatic heterocycles. The quantitative estimate of drug-likeness (QED) is 0.898. The molecule has 1 N–H and O–H groups in total. The Morgan fingerprint density at radius 1 is 1.07 bits per heavy atom. The SMILES string of the molecule is CN(Cc1ccc(N2CCOCC2)cc1)C(=O)Nc1ccc2c(c1)OCO2. The summed E-state index contributed by atoms with van der Waals surface area (Å²) in [5.41, 5.74) is 2.95. The van der Waals surface area contributed by atoms with Crippen molar-refractivity contribution in [1.82, 2.24) is 4.90 Å². The maximum absolute atomic E-state index is 12.5. The zero-order valence-corrected chi connectivity index (χ0v) is 15.3. The highest BCUT2D eigenvalue weighted by Gasteiger charge is 2.16. The van der Waals surface area contributed by atoms with Crippen LogP contribution in [0.5, 0.6) is 11.5 Å². The van der Waals surface area contributed by atoms with Gasteiger partial charge in [0.2, 0.25) is 6.79 Å². The van der Waals surface area contributed by atoms with Crippen LogP contribution in [0, 0.1) is 0 Å². The Kier molecular flexibility index (Phi) is 5.02. The molecule has 1 fully saturated rings. The van der Waals surface area contributed by atoms with Crippen molar-refractivity contribution in [2.45, 2.75) is 6.54 Å². The van der Waals surface area contributed by atoms with E-state index in [9.17, 15) is 4.79 Å². The summed E-state index contributed by atoms with van der Waals surface area (Å²) in [5.74, 6) is 1.34. The van der Waals surface area contributed by atoms with Gasteiger partial charge in [0, 0.05) is 44.1 Å². The molecule has 7 heteroatoms. The summed E-state index contributed by atoms with van der Waals surface area (Å²) < 4.78 is 16.0. The van der Waals surface area contributed by atoms with Gasteiger partial charge in [-0.1, -0.05) is 12.1 Å². The van der Waals surface area contributed by atoms with E-state index in [-0.39, 0.29) is 12.8 Å². The smallest absolute Gasteiger partial charge is 0.321 e. The van der Waals surface area contributed by atoms with E-state index in [1.54, 1.807) is 30.1 Å². The third kappa shape index (κ3) is 4.09. The summed E-state index contributed by atoms with van der Waals surface area (Å²) in [6.07, 6.45) is 0. The molecule has 0 saturated carbocycles. The summed E-state index contributed by atoms with van der Waals surface area (Å²) in [7, 11) is 1.78. The fourth-order valence-electron chi connectivity index (χ4n) is 3.17. The van der Waals surface area contributed by atoms with Gasteiger partial charge in [0.1, 0.15) is 0 Å². The van der Waals surface area contributed by atoms with Crippen molar-refractivity contribution in [2.75, 3.05) is 50.4 Å². The first kappa shape index (κ1) is 17.5. The van der Waals surface area contributed by atoms with Gasteiger partial charge in [0.05, 0.1) is 13.2 Å². The van der Waals surface area contributed by atoms with Crippen LogP contribution in [-0.4, -0.2) is 51.1 Å². The molecule has 142 valence electrons. The van der Waals surface area contributed by atoms with Crippen LogP contribution >= 0.6 is 0 Å². The topological polar surface area (TPSA) is 63.3 Å². The van der Waals surface area contributed by atoms with E-state index in [2.05, 4.69) is 34.5 Å². The van der Waals surface area contributed by atoms with Gasteiger partial charge in [-0.2, -0.15) is 0 Å². The van der Waals surface area contributed by atoms with Crippen LogP contribution in [0.25, 0.3) is 0 Å². The lowest BCUT2D eigenvalue weighted by molar-refractivity contribution is 0.122. The number of hydrogen-bond acceptors (Lipinski definition) is 5. The van der Waals surface area contributed by atoms with Crippen molar-refractivity contribution in [3.8, 4) is 11.5 Å². The summed E-state index contributed by atoms with van der Waals surface area (Å²) >= 11 is 0. The molecule has 0 bridgehead atoms. The van der Waals surface area contributed by atoms with Crippen LogP contribution in [0.15, 0.2) is 42.5 Å². The van der Waals surface area contributed by atoms with Gasteiger partial charge >= 0.3 is 6.03 Å². The van der Waals surface area contributed by atoms with Gasteiger partial charge in [-0.05, 0) is 29.8 Å². The number of rotatable bonds is 4. The average molecular weight is 369 g/mol. The first-order valence-electron chi connectivity index (χ1n) is 9.02. The van der Waals surface area contributed by atoms with Gasteiger partial charge in [-0.3, -0.25) is 0 Å². The number of hydrogen-bond donors (Lipinski definition) is 1. The predicted molar refractivity (Wildman–Crippen MR) is 103 cm³/mol. The lowest BCUT2D eigenvalue weighted by atomic mass is 10.2. The Morgan fingerprint density at radius 2 is 1.81 bits per heavy atom. The van der Waals surface area contributed by atoms with Crippen molar-refractivity contribution in [1.29, 1.82) is 0 Å². The van der Waals surface area contributed by atoms with E-state index in [0.29, 0.717) is 23.7 Å². The summed E-state index contributed by atoms with van der Waals surface area (Å²) in [5, 5.41) is 2.88. The number of carbonyl (C=O) groups excluding carboxylic acids is 1. The summed E-state index contributed by atoms with van der Waals surface area (Å²) in [6, 6.07) is 13.5. The molecule has 2 amide bonds. The van der Waals surface area contributed by atoms with Crippen molar-refractivity contribution < 1.29 is 19.0 Å². The maximum atomic E-state index is 12.5. The molecule has 0 aliphatic carbocycles. The van der Waals surface area contributed by atoms with E-state index in [0.717, 1.165) is 31.9 Å². The number of nitrogens with one attached hydrogen (secondary N) is 1. The molecule has 2 heterocycles. The Hall–Kier alpha value is -2.93. The van der Waals surface area contributed by atoms with E-state index in [1.165, 1.54) is 5.69 Å². The number of amides is 2. The zero-order chi connectivity index (χ0) is 18.6. The molecule has 0 radical (unpaired) electrons. The van der Waals surface area contributed by atoms with E-state index < -0.39 is 0 Å². The molecule has 2 aromatic carbocycles. The first-order valence-corrected chi connectivity index (χ1v) is 9.02. The largest absolute Gasteiger partial charge is 0.454 e. The molecule has 7 nitrogen and oxygen atoms in total. The first-order chi connectivity index (χ1) is 13.2. The molecule has 2 aromatic rings. The van der Waals surface area contributed by atoms with Gasteiger partial charge < -0.3 is 29.3 Å². The monoisotopic (exact) mass is 369 g/mol. The number of nitrogens with zero attached hydrogens (tertiary/aromatic N) is 2. The van der Waals surface area contributed by atoms with Gasteiger partial charge in [0.15, 0.2) is 11.5 Å². The molecule has 0 spiro atoms. The normalized spacial score (nSPS) is 15.5. The molecular weight excluding hydrogens is 346 g/mol. The average Bonchev–Trinajstić information content (AvgIpc) is 3.17. The van der Waals surface area contributed by atoms with Gasteiger partial charge in [-0.15, -0.1) is 0 Å². The number of benzene rings is 2. The Balaban J connectivity index is 1.34. The summed E-state index contributed by atoms with van der Waals surface area (Å²) in [4.78, 5) is 16.4. The molecule has 0 unspecified atom stereocenters. The minimum absolute atomic E-state index is 0.175. The number of morpholine rings is 1. The molecule has 0 atom stereocenters. The van der Waals surface area contributed by atoms with Crippen LogP contribution in [0.3, 0.4) is 0 Å². The maximum Gasteiger partial charge on any atom is 0.321 e. The fourth-order valence-corrected chi connectivity index (χ4v) is 3.17. The van der Waals surface area contributed by atoms with Crippen LogP contribution in [0.1, 0.15) is 5.56 Å². The van der Waals surface area contributed by atoms with Gasteiger partial charge in [-0.25, -0.2) is 4.79 Å². The van der Waals surface area contributed by atoms with E-state index in [4.69, 9.17) is 14.2 Å². The Morgan fingerprint density at radius 3 is 2.59 bits per heavy atom. The van der Waals surface area contributed by atoms with Crippen molar-refractivity contribution in [3.05, 3.63) is 48.0 Å². The highest BCUT2D eigenvalue weighted by atomic mass is 16.7. The fraction of sp³-hybridized carbons (Fsp3) is 0.350. The molecule has 4 rings (SSSR count). The number of ether oxygens (including phenoxy) is 3. The third-order valence-electron chi connectivity index (χ3n) is 4.70. The number of fused-ring (bicyclic) bond motifs is 1. The second-order valence-electron chi connectivity index (χ2n) is 6.62. The van der Waals surface area contributed by atoms with Gasteiger partial charge in [0.25, 0.3) is 0 Å². The summed E-state index contributed by atoms with van der Waals surface area (Å²) in [6.45, 7) is 4.11. The van der Waals surface area contributed by atoms with E-state index in [1.807, 2.05) is 0 Å². The second-order valence-corrected chi connectivity index (χ2v) is 6.62. The molecule has 2 aliphatic rings. The van der Waals surface area contributed by atoms with Crippen LogP contribution in [0.4, 0.5) is 16.2 Å². The molecular formula is C20H23N3O4. The molecule has 2 aliphatic heterocycles. The van der Waals surface area contributed by atoms with Crippen molar-refractivity contribution >= 4 is 17.4 Å². The minimum Gasteiger partial charge on any atom is -0.454 e. The number of urea groups is 1. The highest BCUT2D eigenvalue weighted by Crippen LogP contribution is 2.34. The van der Waals surface area contributed by atoms with Crippen molar-refractivity contribution in [3.63, 3.8) is 0 Å². The molecule has 1 saturated heterocycles. The Labute approximate surface area is 158 Å². The van der Waals surface area contributed by atoms with Crippen LogP contribution < -0.4 is 19.7 Å². The standard InChI is InChI=1S/C20H23N3O4/c1-22(20(24)21-16-4-7-18-19(12-16)27-14-26-18)13-15-2-5-17(6-3-15)23-8-10-25-11-9-23/h2-7,12H,8-11,13-14H2,1H3,(H,21,24). The molecule has 27 heavy (non-hydrogen) atoms. The van der Waals surface area contributed by atoms with Crippen LogP contribution in [-0.2, 0) is 11.3 Å². The van der Waals surface area contributed by atoms with Crippen molar-refractivity contribution in [2.24, 2.45) is 0 Å². The second kappa shape index (κ2) is 7.75. The minimum atomic E-state index is -0.175. The number of anilines is 2. The lowest BCUT2D eigenvalue weighted by Gasteiger charge is -2.29. The highest BCUT2D eigenvalue weighted by molar-refractivity contribution is 5.89. The predicted octanol–water partition coefficient (Wildman–Crippen LogP) is 2.92. The third-order valence-corrected chi connectivity index (χ3v) is 4.70. The Bertz CT molecular complexity index is 803. The lowest BCUT2D eigenvalue weighted by Crippen LogP contribution is -2.36. The van der Waals surface area contributed by atoms with Crippen LogP contribution in [0.2, 0.25) is 0 Å². The number of carbonyl (C=O) groups is 1. The van der Waals surface area contributed by atoms with E-state index >= 15 is 0 Å².